The van der Waals surface area contributed by atoms with Gasteiger partial charge in [-0.15, -0.1) is 22.0 Å². The van der Waals surface area contributed by atoms with E-state index >= 15 is 0 Å². The van der Waals surface area contributed by atoms with E-state index in [0.29, 0.717) is 10.9 Å². The van der Waals surface area contributed by atoms with E-state index in [1.54, 1.807) is 5.51 Å². The Hall–Kier alpha value is -1.40. The van der Waals surface area contributed by atoms with E-state index < -0.39 is 0 Å². The summed E-state index contributed by atoms with van der Waals surface area (Å²) in [6, 6.07) is 8.00. The van der Waals surface area contributed by atoms with Gasteiger partial charge in [-0.3, -0.25) is 10.1 Å². The summed E-state index contributed by atoms with van der Waals surface area (Å²) in [6.07, 6.45) is 0. The molecule has 0 aliphatic rings. The predicted octanol–water partition coefficient (Wildman–Crippen LogP) is 2.58. The zero-order valence-corrected chi connectivity index (χ0v) is 10.8. The quantitative estimate of drug-likeness (QED) is 0.863. The SMILES string of the molecule is Cc1ccccc1SCC(=O)Nc1nncs1. The lowest BCUT2D eigenvalue weighted by atomic mass is 10.2. The van der Waals surface area contributed by atoms with E-state index in [1.165, 1.54) is 28.7 Å². The molecule has 4 nitrogen and oxygen atoms in total. The molecule has 0 saturated heterocycles. The molecule has 0 bridgehead atoms. The maximum atomic E-state index is 11.6. The van der Waals surface area contributed by atoms with Crippen LogP contribution in [0.1, 0.15) is 5.56 Å². The standard InChI is InChI=1S/C11H11N3OS2/c1-8-4-2-3-5-9(8)16-6-10(15)13-11-14-12-7-17-11/h2-5,7H,6H2,1H3,(H,13,14,15). The summed E-state index contributed by atoms with van der Waals surface area (Å²) < 4.78 is 0. The second-order valence-electron chi connectivity index (χ2n) is 3.35. The van der Waals surface area contributed by atoms with E-state index in [-0.39, 0.29) is 5.91 Å². The number of benzene rings is 1. The summed E-state index contributed by atoms with van der Waals surface area (Å²) in [6.45, 7) is 2.03. The number of amides is 1. The molecule has 0 fully saturated rings. The second kappa shape index (κ2) is 5.79. The molecule has 0 saturated carbocycles. The Morgan fingerprint density at radius 3 is 3.00 bits per heavy atom. The van der Waals surface area contributed by atoms with Gasteiger partial charge in [-0.2, -0.15) is 0 Å². The Morgan fingerprint density at radius 1 is 1.47 bits per heavy atom. The lowest BCUT2D eigenvalue weighted by molar-refractivity contribution is -0.113. The zero-order valence-electron chi connectivity index (χ0n) is 9.21. The third-order valence-corrected chi connectivity index (χ3v) is 3.84. The highest BCUT2D eigenvalue weighted by Gasteiger charge is 2.06. The van der Waals surface area contributed by atoms with Crippen LogP contribution < -0.4 is 5.32 Å². The van der Waals surface area contributed by atoms with Gasteiger partial charge in [0.05, 0.1) is 5.75 Å². The Balaban J connectivity index is 1.86. The number of hydrogen-bond acceptors (Lipinski definition) is 5. The molecule has 0 aliphatic heterocycles. The van der Waals surface area contributed by atoms with Crippen molar-refractivity contribution < 1.29 is 4.79 Å². The van der Waals surface area contributed by atoms with Gasteiger partial charge < -0.3 is 0 Å². The molecule has 1 amide bonds. The van der Waals surface area contributed by atoms with Crippen LogP contribution in [-0.2, 0) is 4.79 Å². The van der Waals surface area contributed by atoms with Gasteiger partial charge >= 0.3 is 0 Å². The molecule has 1 aromatic heterocycles. The normalized spacial score (nSPS) is 10.2. The predicted molar refractivity (Wildman–Crippen MR) is 70.4 cm³/mol. The highest BCUT2D eigenvalue weighted by atomic mass is 32.2. The summed E-state index contributed by atoms with van der Waals surface area (Å²) >= 11 is 2.83. The first-order valence-corrected chi connectivity index (χ1v) is 6.86. The molecular weight excluding hydrogens is 254 g/mol. The molecule has 1 N–H and O–H groups in total. The molecule has 2 rings (SSSR count). The van der Waals surface area contributed by atoms with Crippen LogP contribution in [-0.4, -0.2) is 21.9 Å². The number of carbonyl (C=O) groups is 1. The molecule has 6 heteroatoms. The van der Waals surface area contributed by atoms with Crippen molar-refractivity contribution in [3.05, 3.63) is 35.3 Å². The highest BCUT2D eigenvalue weighted by Crippen LogP contribution is 2.21. The van der Waals surface area contributed by atoms with Gasteiger partial charge in [0.25, 0.3) is 0 Å². The summed E-state index contributed by atoms with van der Waals surface area (Å²) in [5.41, 5.74) is 2.77. The lowest BCUT2D eigenvalue weighted by Gasteiger charge is -2.04. The van der Waals surface area contributed by atoms with Crippen LogP contribution in [0.4, 0.5) is 5.13 Å². The average molecular weight is 265 g/mol. The number of hydrogen-bond donors (Lipinski definition) is 1. The van der Waals surface area contributed by atoms with Gasteiger partial charge in [0.1, 0.15) is 5.51 Å². The number of anilines is 1. The molecule has 2 aromatic rings. The molecule has 0 radical (unpaired) electrons. The number of nitrogens with one attached hydrogen (secondary N) is 1. The van der Waals surface area contributed by atoms with Crippen molar-refractivity contribution in [2.24, 2.45) is 0 Å². The van der Waals surface area contributed by atoms with E-state index in [4.69, 9.17) is 0 Å². The summed E-state index contributed by atoms with van der Waals surface area (Å²) in [7, 11) is 0. The lowest BCUT2D eigenvalue weighted by Crippen LogP contribution is -2.13. The van der Waals surface area contributed by atoms with Crippen molar-refractivity contribution in [3.63, 3.8) is 0 Å². The molecule has 0 aliphatic carbocycles. The fourth-order valence-corrected chi connectivity index (χ4v) is 2.53. The van der Waals surface area contributed by atoms with E-state index in [2.05, 4.69) is 15.5 Å². The minimum atomic E-state index is -0.0602. The Morgan fingerprint density at radius 2 is 2.29 bits per heavy atom. The fourth-order valence-electron chi connectivity index (χ4n) is 1.24. The third kappa shape index (κ3) is 3.54. The Kier molecular flexibility index (Phi) is 4.11. The van der Waals surface area contributed by atoms with Crippen molar-refractivity contribution in [1.82, 2.24) is 10.2 Å². The van der Waals surface area contributed by atoms with Crippen LogP contribution >= 0.6 is 23.1 Å². The molecular formula is C11H11N3OS2. The first-order chi connectivity index (χ1) is 8.25. The Labute approximate surface area is 107 Å². The topological polar surface area (TPSA) is 54.9 Å². The van der Waals surface area contributed by atoms with Gasteiger partial charge in [0.2, 0.25) is 11.0 Å². The monoisotopic (exact) mass is 265 g/mol. The van der Waals surface area contributed by atoms with Crippen LogP contribution in [0.3, 0.4) is 0 Å². The molecule has 0 unspecified atom stereocenters. The molecule has 1 heterocycles. The maximum absolute atomic E-state index is 11.6. The first kappa shape index (κ1) is 12.1. The third-order valence-electron chi connectivity index (χ3n) is 2.06. The number of aryl methyl sites for hydroxylation is 1. The van der Waals surface area contributed by atoms with Crippen LogP contribution in [0, 0.1) is 6.92 Å². The van der Waals surface area contributed by atoms with E-state index in [1.807, 2.05) is 31.2 Å². The number of carbonyl (C=O) groups excluding carboxylic acids is 1. The maximum Gasteiger partial charge on any atom is 0.236 e. The highest BCUT2D eigenvalue weighted by molar-refractivity contribution is 8.00. The van der Waals surface area contributed by atoms with Crippen LogP contribution in [0.25, 0.3) is 0 Å². The van der Waals surface area contributed by atoms with Crippen LogP contribution in [0.5, 0.6) is 0 Å². The zero-order chi connectivity index (χ0) is 12.1. The number of nitrogens with zero attached hydrogens (tertiary/aromatic N) is 2. The fraction of sp³-hybridized carbons (Fsp3) is 0.182. The minimum Gasteiger partial charge on any atom is -0.300 e. The Bertz CT molecular complexity index is 499. The van der Waals surface area contributed by atoms with E-state index in [9.17, 15) is 4.79 Å². The smallest absolute Gasteiger partial charge is 0.236 e. The van der Waals surface area contributed by atoms with Crippen LogP contribution in [0.15, 0.2) is 34.7 Å². The first-order valence-electron chi connectivity index (χ1n) is 5.00. The molecule has 0 spiro atoms. The van der Waals surface area contributed by atoms with E-state index in [0.717, 1.165) is 4.90 Å². The van der Waals surface area contributed by atoms with Crippen molar-refractivity contribution in [2.75, 3.05) is 11.1 Å². The summed E-state index contributed by atoms with van der Waals surface area (Å²) in [5, 5.41) is 10.6. The van der Waals surface area contributed by atoms with Gasteiger partial charge in [-0.1, -0.05) is 29.5 Å². The van der Waals surface area contributed by atoms with Crippen molar-refractivity contribution in [2.45, 2.75) is 11.8 Å². The largest absolute Gasteiger partial charge is 0.300 e. The number of aromatic nitrogens is 2. The van der Waals surface area contributed by atoms with Gasteiger partial charge in [-0.05, 0) is 18.6 Å². The van der Waals surface area contributed by atoms with Crippen molar-refractivity contribution in [3.8, 4) is 0 Å². The molecule has 88 valence electrons. The van der Waals surface area contributed by atoms with Gasteiger partial charge in [0, 0.05) is 4.90 Å². The molecule has 1 aromatic carbocycles. The van der Waals surface area contributed by atoms with Gasteiger partial charge in [0.15, 0.2) is 0 Å². The average Bonchev–Trinajstić information content (AvgIpc) is 2.81. The van der Waals surface area contributed by atoms with Crippen molar-refractivity contribution in [1.29, 1.82) is 0 Å². The van der Waals surface area contributed by atoms with Gasteiger partial charge in [-0.25, -0.2) is 0 Å². The number of thioether (sulfide) groups is 1. The summed E-state index contributed by atoms with van der Waals surface area (Å²) in [5.74, 6) is 0.319. The molecule has 17 heavy (non-hydrogen) atoms. The summed E-state index contributed by atoms with van der Waals surface area (Å²) in [4.78, 5) is 12.7. The van der Waals surface area contributed by atoms with Crippen LogP contribution in [0.2, 0.25) is 0 Å². The second-order valence-corrected chi connectivity index (χ2v) is 5.20. The molecule has 0 atom stereocenters. The van der Waals surface area contributed by atoms with Crippen molar-refractivity contribution >= 4 is 34.1 Å². The minimum absolute atomic E-state index is 0.0602. The number of rotatable bonds is 4.